The van der Waals surface area contributed by atoms with Crippen LogP contribution >= 0.6 is 9.42 Å². The first kappa shape index (κ1) is 20.8. The smallest absolute Gasteiger partial charge is 0.693 e. The molecule has 1 rings (SSSR count). The fourth-order valence-corrected chi connectivity index (χ4v) is 0.821. The molecule has 0 aromatic heterocycles. The Bertz CT molecular complexity index is 272. The average molecular weight is 427 g/mol. The molecule has 5 N–H and O–H groups in total. The minimum absolute atomic E-state index is 0. The number of ether oxygens (including phenoxy) is 1. The van der Waals surface area contributed by atoms with Crippen molar-refractivity contribution in [1.29, 1.82) is 5.41 Å². The minimum Gasteiger partial charge on any atom is -0.693 e. The summed E-state index contributed by atoms with van der Waals surface area (Å²) in [6.45, 7) is 2.14. The predicted octanol–water partition coefficient (Wildman–Crippen LogP) is 2.86. The van der Waals surface area contributed by atoms with Crippen LogP contribution in [0.4, 0.5) is 0 Å². The third-order valence-corrected chi connectivity index (χ3v) is 1.40. The normalized spacial score (nSPS) is 11.8. The number of hydrogen-bond donors (Lipinski definition) is 1. The summed E-state index contributed by atoms with van der Waals surface area (Å²) >= 11 is 1.61. The van der Waals surface area contributed by atoms with Crippen LogP contribution in [0.15, 0.2) is 35.8 Å². The van der Waals surface area contributed by atoms with Gasteiger partial charge in [-0.05, 0) is 24.3 Å². The molecule has 0 spiro atoms. The molecule has 16 heavy (non-hydrogen) atoms. The Kier molecular flexibility index (Phi) is 16.2. The maximum absolute atomic E-state index is 11.1. The van der Waals surface area contributed by atoms with Crippen molar-refractivity contribution in [3.63, 3.8) is 0 Å². The van der Waals surface area contributed by atoms with Crippen molar-refractivity contribution >= 4 is 15.1 Å². The molecule has 0 bridgehead atoms. The second-order valence-corrected chi connectivity index (χ2v) is 2.30. The van der Waals surface area contributed by atoms with Crippen LogP contribution < -0.4 is 5.11 Å². The Morgan fingerprint density at radius 2 is 1.75 bits per heavy atom. The molecule has 0 aromatic rings. The molecule has 0 aliphatic heterocycles. The van der Waals surface area contributed by atoms with Crippen LogP contribution in [0, 0.1) is 5.41 Å². The molecule has 0 saturated carbocycles. The molecular weight excluding hydrogens is 413 g/mol. The van der Waals surface area contributed by atoms with Crippen molar-refractivity contribution in [2.75, 3.05) is 6.61 Å². The molecule has 0 radical (unpaired) electrons. The van der Waals surface area contributed by atoms with E-state index in [2.05, 4.69) is 9.42 Å². The molecule has 0 unspecified atom stereocenters. The molecule has 1 aliphatic rings. The van der Waals surface area contributed by atoms with Gasteiger partial charge in [0, 0.05) is 0 Å². The Hall–Kier alpha value is -0.612. The van der Waals surface area contributed by atoms with Crippen LogP contribution in [0.1, 0.15) is 6.92 Å². The Balaban J connectivity index is -0.000000399. The molecule has 0 amide bonds. The van der Waals surface area contributed by atoms with E-state index in [4.69, 9.17) is 10.1 Å². The van der Waals surface area contributed by atoms with Gasteiger partial charge in [-0.2, -0.15) is 0 Å². The molecule has 1 aliphatic carbocycles. The van der Waals surface area contributed by atoms with E-state index in [1.807, 2.05) is 0 Å². The van der Waals surface area contributed by atoms with E-state index in [-0.39, 0.29) is 18.2 Å². The number of rotatable bonds is 2. The van der Waals surface area contributed by atoms with E-state index >= 15 is 0 Å². The molecule has 0 aromatic carbocycles. The maximum atomic E-state index is 11.1. The third-order valence-electron chi connectivity index (χ3n) is 1.40. The summed E-state index contributed by atoms with van der Waals surface area (Å²) in [7, 11) is 4.61. The van der Waals surface area contributed by atoms with Crippen molar-refractivity contribution in [1.82, 2.24) is 0 Å². The van der Waals surface area contributed by atoms with Gasteiger partial charge in [-0.25, -0.2) is 0 Å². The quantitative estimate of drug-likeness (QED) is 0.682. The molecule has 0 saturated heterocycles. The van der Waals surface area contributed by atoms with E-state index in [0.717, 1.165) is 0 Å². The first-order valence-electron chi connectivity index (χ1n) is 3.84. The Labute approximate surface area is 111 Å². The van der Waals surface area contributed by atoms with E-state index in [9.17, 15) is 5.11 Å². The van der Waals surface area contributed by atoms with Gasteiger partial charge in [0.15, 0.2) is 0 Å². The van der Waals surface area contributed by atoms with E-state index in [1.165, 1.54) is 0 Å². The van der Waals surface area contributed by atoms with Crippen LogP contribution in [0.25, 0.3) is 12.3 Å². The van der Waals surface area contributed by atoms with Gasteiger partial charge in [0.2, 0.25) is 0 Å². The summed E-state index contributed by atoms with van der Waals surface area (Å²) in [5.41, 5.74) is 0.885. The van der Waals surface area contributed by atoms with Gasteiger partial charge in [0.1, 0.15) is 0 Å². The average Bonchev–Trinajstić information content (AvgIpc) is 2.22. The number of allylic oxidation sites excluding steroid dienone is 5. The first-order valence-corrected chi connectivity index (χ1v) is 6.66. The van der Waals surface area contributed by atoms with Gasteiger partial charge in [-0.15, -0.1) is 0 Å². The van der Waals surface area contributed by atoms with Gasteiger partial charge < -0.3 is 27.6 Å². The van der Waals surface area contributed by atoms with Gasteiger partial charge >= 0.3 is 28.2 Å². The molecule has 5 nitrogen and oxygen atoms in total. The van der Waals surface area contributed by atoms with Crippen LogP contribution in [0.5, 0.6) is 0 Å². The van der Waals surface area contributed by atoms with Crippen LogP contribution in [-0.4, -0.2) is 12.3 Å². The second kappa shape index (κ2) is 12.5. The zero-order valence-electron chi connectivity index (χ0n) is 8.68. The van der Waals surface area contributed by atoms with Gasteiger partial charge in [0.25, 0.3) is 0 Å². The molecular formula is C9H14ClN3O2Pt-3. The number of nitrogens with one attached hydrogen (secondary N) is 1. The molecule has 97 valence electrons. The number of halogens is 1. The summed E-state index contributed by atoms with van der Waals surface area (Å²) in [5.74, 6) is -0.336. The molecule has 7 heteroatoms. The SMILES string of the molecule is CCOC([O-])=C1C=CC(=N)C=C1.[Cl][Pt].[NH2-].[NH2-]. The topological polar surface area (TPSA) is 123 Å². The van der Waals surface area contributed by atoms with E-state index in [0.29, 0.717) is 17.9 Å². The monoisotopic (exact) mass is 426 g/mol. The zero-order chi connectivity index (χ0) is 11.0. The fourth-order valence-electron chi connectivity index (χ4n) is 0.821. The van der Waals surface area contributed by atoms with Crippen molar-refractivity contribution in [3.8, 4) is 0 Å². The van der Waals surface area contributed by atoms with Crippen molar-refractivity contribution in [3.05, 3.63) is 48.1 Å². The largest absolute Gasteiger partial charge is 0.693 e. The van der Waals surface area contributed by atoms with Crippen LogP contribution in [-0.2, 0) is 23.5 Å². The van der Waals surface area contributed by atoms with E-state index < -0.39 is 0 Å². The zero-order valence-corrected chi connectivity index (χ0v) is 11.7. The van der Waals surface area contributed by atoms with Crippen molar-refractivity contribution < 1.29 is 28.6 Å². The maximum Gasteiger partial charge on any atom is -0.693 e. The summed E-state index contributed by atoms with van der Waals surface area (Å²) in [6.07, 6.45) is 6.29. The Morgan fingerprint density at radius 3 is 2.12 bits per heavy atom. The molecule has 0 atom stereocenters. The summed E-state index contributed by atoms with van der Waals surface area (Å²) in [4.78, 5) is 0. The summed E-state index contributed by atoms with van der Waals surface area (Å²) < 4.78 is 4.77. The number of nitrogens with two attached hydrogens (primary N) is 2. The number of hydrogen-bond acceptors (Lipinski definition) is 3. The van der Waals surface area contributed by atoms with Crippen LogP contribution in [0.2, 0.25) is 0 Å². The standard InChI is InChI=1S/C9H11NO2.ClH.2H2N.Pt/c1-2-12-9(11)7-3-5-8(10)6-4-7;;;;/h3-6,10-11H,2H2,1H3;1H;2*1H2;/q;;2*-1;+1/p-2. The van der Waals surface area contributed by atoms with Crippen LogP contribution in [0.3, 0.4) is 0 Å². The minimum atomic E-state index is -0.336. The van der Waals surface area contributed by atoms with Crippen molar-refractivity contribution in [2.24, 2.45) is 0 Å². The third kappa shape index (κ3) is 7.65. The summed E-state index contributed by atoms with van der Waals surface area (Å²) in [6, 6.07) is 0. The summed E-state index contributed by atoms with van der Waals surface area (Å²) in [5, 5.41) is 18.3. The first-order chi connectivity index (χ1) is 6.74. The Morgan fingerprint density at radius 1 is 1.31 bits per heavy atom. The van der Waals surface area contributed by atoms with E-state index in [1.54, 1.807) is 50.0 Å². The second-order valence-electron chi connectivity index (χ2n) is 2.30. The van der Waals surface area contributed by atoms with Gasteiger partial charge in [-0.3, -0.25) is 0 Å². The van der Waals surface area contributed by atoms with Crippen molar-refractivity contribution in [2.45, 2.75) is 6.92 Å². The van der Waals surface area contributed by atoms with Gasteiger partial charge in [-0.1, -0.05) is 19.1 Å². The fraction of sp³-hybridized carbons (Fsp3) is 0.222. The molecule has 0 fully saturated rings. The van der Waals surface area contributed by atoms with Gasteiger partial charge in [0.05, 0.1) is 11.7 Å². The predicted molar refractivity (Wildman–Crippen MR) is 61.1 cm³/mol. The molecule has 0 heterocycles.